The van der Waals surface area contributed by atoms with E-state index in [1.165, 1.54) is 0 Å². The van der Waals surface area contributed by atoms with E-state index in [0.717, 1.165) is 18.5 Å². The van der Waals surface area contributed by atoms with Gasteiger partial charge in [0.15, 0.2) is 9.84 Å². The van der Waals surface area contributed by atoms with Gasteiger partial charge in [0.05, 0.1) is 17.1 Å². The lowest BCUT2D eigenvalue weighted by Crippen LogP contribution is -2.37. The first-order chi connectivity index (χ1) is 10.6. The smallest absolute Gasteiger partial charge is 0.151 e. The number of pyridine rings is 1. The Bertz CT molecular complexity index is 640. The van der Waals surface area contributed by atoms with E-state index in [9.17, 15) is 8.42 Å². The number of hydrogen-bond acceptors (Lipinski definition) is 6. The minimum absolute atomic E-state index is 0.0153. The third-order valence-corrected chi connectivity index (χ3v) is 5.67. The maximum atomic E-state index is 11.7. The van der Waals surface area contributed by atoms with E-state index in [0.29, 0.717) is 25.1 Å². The Balaban J connectivity index is 2.12. The molecular formula is C15H21N3O3S. The molecule has 0 aliphatic carbocycles. The summed E-state index contributed by atoms with van der Waals surface area (Å²) in [4.78, 5) is 6.12. The van der Waals surface area contributed by atoms with E-state index < -0.39 is 9.84 Å². The first kappa shape index (κ1) is 16.9. The lowest BCUT2D eigenvalue weighted by Gasteiger charge is -2.28. The molecule has 1 aromatic rings. The van der Waals surface area contributed by atoms with E-state index in [2.05, 4.69) is 16.0 Å². The highest BCUT2D eigenvalue weighted by Crippen LogP contribution is 2.21. The van der Waals surface area contributed by atoms with E-state index in [4.69, 9.17) is 10.00 Å². The SMILES string of the molecule is COCCCN(Cc1ccncc1C#N)C1CCS(=O)(=O)C1. The van der Waals surface area contributed by atoms with Crippen molar-refractivity contribution in [1.82, 2.24) is 9.88 Å². The summed E-state index contributed by atoms with van der Waals surface area (Å²) in [6.45, 7) is 1.95. The van der Waals surface area contributed by atoms with Crippen molar-refractivity contribution in [3.63, 3.8) is 0 Å². The Hall–Kier alpha value is -1.49. The molecule has 0 bridgehead atoms. The summed E-state index contributed by atoms with van der Waals surface area (Å²) in [7, 11) is -1.28. The second kappa shape index (κ2) is 7.68. The van der Waals surface area contributed by atoms with Gasteiger partial charge < -0.3 is 4.74 Å². The van der Waals surface area contributed by atoms with Crippen molar-refractivity contribution in [2.24, 2.45) is 0 Å². The molecule has 1 aromatic heterocycles. The van der Waals surface area contributed by atoms with Crippen molar-refractivity contribution in [1.29, 1.82) is 5.26 Å². The van der Waals surface area contributed by atoms with Crippen LogP contribution in [0.2, 0.25) is 0 Å². The van der Waals surface area contributed by atoms with Crippen LogP contribution in [0.1, 0.15) is 24.0 Å². The first-order valence-electron chi connectivity index (χ1n) is 7.32. The van der Waals surface area contributed by atoms with Crippen molar-refractivity contribution < 1.29 is 13.2 Å². The zero-order valence-electron chi connectivity index (χ0n) is 12.7. The zero-order valence-corrected chi connectivity index (χ0v) is 13.6. The predicted octanol–water partition coefficient (Wildman–Crippen LogP) is 0.979. The molecule has 0 spiro atoms. The molecule has 0 N–H and O–H groups in total. The van der Waals surface area contributed by atoms with Crippen LogP contribution in [0.5, 0.6) is 0 Å². The van der Waals surface area contributed by atoms with E-state index in [1.54, 1.807) is 19.5 Å². The first-order valence-corrected chi connectivity index (χ1v) is 9.14. The van der Waals surface area contributed by atoms with Crippen LogP contribution in [0, 0.1) is 11.3 Å². The molecule has 0 aromatic carbocycles. The Labute approximate surface area is 131 Å². The van der Waals surface area contributed by atoms with E-state index in [1.807, 2.05) is 6.07 Å². The van der Waals surface area contributed by atoms with Gasteiger partial charge in [-0.3, -0.25) is 9.88 Å². The fourth-order valence-corrected chi connectivity index (χ4v) is 4.51. The Kier molecular flexibility index (Phi) is 5.89. The normalized spacial score (nSPS) is 20.1. The molecule has 22 heavy (non-hydrogen) atoms. The van der Waals surface area contributed by atoms with Gasteiger partial charge in [0, 0.05) is 45.2 Å². The van der Waals surface area contributed by atoms with Crippen LogP contribution in [0.4, 0.5) is 0 Å². The van der Waals surface area contributed by atoms with Crippen molar-refractivity contribution in [2.75, 3.05) is 31.8 Å². The highest BCUT2D eigenvalue weighted by atomic mass is 32.2. The number of rotatable bonds is 7. The van der Waals surface area contributed by atoms with Gasteiger partial charge in [-0.1, -0.05) is 0 Å². The van der Waals surface area contributed by atoms with Crippen LogP contribution in [-0.2, 0) is 21.1 Å². The monoisotopic (exact) mass is 323 g/mol. The summed E-state index contributed by atoms with van der Waals surface area (Å²) >= 11 is 0. The summed E-state index contributed by atoms with van der Waals surface area (Å²) < 4.78 is 28.6. The molecule has 7 heteroatoms. The van der Waals surface area contributed by atoms with Crippen LogP contribution in [0.3, 0.4) is 0 Å². The molecule has 1 saturated heterocycles. The molecule has 2 heterocycles. The fraction of sp³-hybridized carbons (Fsp3) is 0.600. The van der Waals surface area contributed by atoms with Gasteiger partial charge in [0.2, 0.25) is 0 Å². The maximum absolute atomic E-state index is 11.7. The third-order valence-electron chi connectivity index (χ3n) is 3.92. The van der Waals surface area contributed by atoms with Crippen LogP contribution in [-0.4, -0.2) is 56.1 Å². The number of aromatic nitrogens is 1. The molecule has 120 valence electrons. The summed E-state index contributed by atoms with van der Waals surface area (Å²) in [6.07, 6.45) is 4.70. The fourth-order valence-electron chi connectivity index (χ4n) is 2.75. The molecule has 1 aliphatic heterocycles. The van der Waals surface area contributed by atoms with Crippen LogP contribution in [0.15, 0.2) is 18.5 Å². The number of nitriles is 1. The van der Waals surface area contributed by atoms with Crippen LogP contribution < -0.4 is 0 Å². The number of nitrogens with zero attached hydrogens (tertiary/aromatic N) is 3. The lowest BCUT2D eigenvalue weighted by molar-refractivity contribution is 0.150. The molecular weight excluding hydrogens is 302 g/mol. The molecule has 1 fully saturated rings. The van der Waals surface area contributed by atoms with E-state index in [-0.39, 0.29) is 17.5 Å². The van der Waals surface area contributed by atoms with Gasteiger partial charge in [0.1, 0.15) is 6.07 Å². The second-order valence-electron chi connectivity index (χ2n) is 5.52. The molecule has 6 nitrogen and oxygen atoms in total. The molecule has 1 aliphatic rings. The number of methoxy groups -OCH3 is 1. The number of ether oxygens (including phenoxy) is 1. The Morgan fingerprint density at radius 2 is 2.36 bits per heavy atom. The van der Waals surface area contributed by atoms with Crippen molar-refractivity contribution >= 4 is 9.84 Å². The lowest BCUT2D eigenvalue weighted by atomic mass is 10.1. The van der Waals surface area contributed by atoms with Crippen molar-refractivity contribution in [3.05, 3.63) is 29.6 Å². The summed E-state index contributed by atoms with van der Waals surface area (Å²) in [5.74, 6) is 0.451. The minimum Gasteiger partial charge on any atom is -0.385 e. The van der Waals surface area contributed by atoms with Gasteiger partial charge in [0.25, 0.3) is 0 Å². The molecule has 2 rings (SSSR count). The quantitative estimate of drug-likeness (QED) is 0.696. The average Bonchev–Trinajstić information content (AvgIpc) is 2.87. The topological polar surface area (TPSA) is 83.3 Å². The number of sulfone groups is 1. The van der Waals surface area contributed by atoms with Crippen LogP contribution >= 0.6 is 0 Å². The van der Waals surface area contributed by atoms with Gasteiger partial charge in [-0.15, -0.1) is 0 Å². The van der Waals surface area contributed by atoms with Crippen LogP contribution in [0.25, 0.3) is 0 Å². The van der Waals surface area contributed by atoms with Crippen molar-refractivity contribution in [3.8, 4) is 6.07 Å². The number of hydrogen-bond donors (Lipinski definition) is 0. The zero-order chi connectivity index (χ0) is 16.0. The highest BCUT2D eigenvalue weighted by Gasteiger charge is 2.32. The van der Waals surface area contributed by atoms with Gasteiger partial charge in [-0.25, -0.2) is 8.42 Å². The molecule has 0 saturated carbocycles. The van der Waals surface area contributed by atoms with Gasteiger partial charge in [-0.05, 0) is 24.5 Å². The van der Waals surface area contributed by atoms with Gasteiger partial charge >= 0.3 is 0 Å². The summed E-state index contributed by atoms with van der Waals surface area (Å²) in [5, 5.41) is 9.17. The summed E-state index contributed by atoms with van der Waals surface area (Å²) in [5.41, 5.74) is 1.43. The molecule has 0 radical (unpaired) electrons. The minimum atomic E-state index is -2.93. The second-order valence-corrected chi connectivity index (χ2v) is 7.75. The summed E-state index contributed by atoms with van der Waals surface area (Å²) in [6, 6.07) is 3.98. The molecule has 1 unspecified atom stereocenters. The largest absolute Gasteiger partial charge is 0.385 e. The molecule has 0 amide bonds. The maximum Gasteiger partial charge on any atom is 0.151 e. The highest BCUT2D eigenvalue weighted by molar-refractivity contribution is 7.91. The average molecular weight is 323 g/mol. The molecule has 1 atom stereocenters. The van der Waals surface area contributed by atoms with Crippen molar-refractivity contribution in [2.45, 2.75) is 25.4 Å². The Morgan fingerprint density at radius 1 is 1.55 bits per heavy atom. The van der Waals surface area contributed by atoms with E-state index >= 15 is 0 Å². The van der Waals surface area contributed by atoms with Gasteiger partial charge in [-0.2, -0.15) is 5.26 Å². The third kappa shape index (κ3) is 4.50. The standard InChI is InChI=1S/C15H21N3O3S/c1-21-7-2-6-18(15-4-8-22(19,20)12-15)11-13-3-5-17-10-14(13)9-16/h3,5,10,15H,2,4,6-8,11-12H2,1H3. The predicted molar refractivity (Wildman–Crippen MR) is 82.9 cm³/mol. The Morgan fingerprint density at radius 3 is 3.00 bits per heavy atom.